The van der Waals surface area contributed by atoms with Gasteiger partial charge in [0.15, 0.2) is 0 Å². The third-order valence-electron chi connectivity index (χ3n) is 3.63. The van der Waals surface area contributed by atoms with E-state index in [1.165, 1.54) is 5.56 Å². The molecule has 98 valence electrons. The number of nitrogens with zero attached hydrogens (tertiary/aromatic N) is 1. The monoisotopic (exact) mass is 246 g/mol. The van der Waals surface area contributed by atoms with Gasteiger partial charge in [0, 0.05) is 6.54 Å². The maximum Gasteiger partial charge on any atom is 0.240 e. The van der Waals surface area contributed by atoms with Crippen molar-refractivity contribution >= 4 is 5.91 Å². The van der Waals surface area contributed by atoms with Crippen LogP contribution in [0.1, 0.15) is 38.3 Å². The summed E-state index contributed by atoms with van der Waals surface area (Å²) >= 11 is 0. The number of rotatable bonds is 5. The second kappa shape index (κ2) is 6.01. The summed E-state index contributed by atoms with van der Waals surface area (Å²) in [7, 11) is 0. The molecule has 1 aliphatic heterocycles. The minimum Gasteiger partial charge on any atom is -0.335 e. The molecule has 2 unspecified atom stereocenters. The van der Waals surface area contributed by atoms with Gasteiger partial charge in [0.1, 0.15) is 0 Å². The Labute approximate surface area is 109 Å². The lowest BCUT2D eigenvalue weighted by molar-refractivity contribution is -0.131. The first-order valence-electron chi connectivity index (χ1n) is 6.83. The molecule has 2 atom stereocenters. The van der Waals surface area contributed by atoms with Crippen LogP contribution in [0.15, 0.2) is 30.3 Å². The SMILES string of the molecule is CCCNC1CCN(C(C)c2ccccc2)C1=O. The van der Waals surface area contributed by atoms with Crippen molar-refractivity contribution in [2.24, 2.45) is 0 Å². The van der Waals surface area contributed by atoms with E-state index < -0.39 is 0 Å². The molecule has 0 bridgehead atoms. The van der Waals surface area contributed by atoms with Gasteiger partial charge in [0.25, 0.3) is 0 Å². The molecule has 1 aromatic rings. The van der Waals surface area contributed by atoms with Crippen LogP contribution in [0.2, 0.25) is 0 Å². The van der Waals surface area contributed by atoms with Crippen molar-refractivity contribution < 1.29 is 4.79 Å². The number of benzene rings is 1. The van der Waals surface area contributed by atoms with Gasteiger partial charge in [0.2, 0.25) is 5.91 Å². The summed E-state index contributed by atoms with van der Waals surface area (Å²) in [5.41, 5.74) is 1.21. The summed E-state index contributed by atoms with van der Waals surface area (Å²) in [5, 5.41) is 3.33. The van der Waals surface area contributed by atoms with Gasteiger partial charge in [-0.15, -0.1) is 0 Å². The highest BCUT2D eigenvalue weighted by atomic mass is 16.2. The number of likely N-dealkylation sites (tertiary alicyclic amines) is 1. The molecule has 1 aliphatic rings. The van der Waals surface area contributed by atoms with Gasteiger partial charge < -0.3 is 10.2 Å². The first-order valence-corrected chi connectivity index (χ1v) is 6.83. The maximum atomic E-state index is 12.3. The number of carbonyl (C=O) groups excluding carboxylic acids is 1. The predicted molar refractivity (Wildman–Crippen MR) is 73.3 cm³/mol. The molecule has 0 aliphatic carbocycles. The standard InChI is InChI=1S/C15H22N2O/c1-3-10-16-14-9-11-17(15(14)18)12(2)13-7-5-4-6-8-13/h4-8,12,14,16H,3,9-11H2,1-2H3. The zero-order valence-corrected chi connectivity index (χ0v) is 11.2. The van der Waals surface area contributed by atoms with Crippen molar-refractivity contribution in [1.82, 2.24) is 10.2 Å². The van der Waals surface area contributed by atoms with Crippen molar-refractivity contribution in [3.63, 3.8) is 0 Å². The summed E-state index contributed by atoms with van der Waals surface area (Å²) in [6.07, 6.45) is 1.99. The molecule has 18 heavy (non-hydrogen) atoms. The molecule has 1 saturated heterocycles. The fourth-order valence-corrected chi connectivity index (χ4v) is 2.51. The van der Waals surface area contributed by atoms with Gasteiger partial charge >= 0.3 is 0 Å². The Hall–Kier alpha value is -1.35. The second-order valence-electron chi connectivity index (χ2n) is 4.91. The van der Waals surface area contributed by atoms with Crippen LogP contribution in [0.25, 0.3) is 0 Å². The quantitative estimate of drug-likeness (QED) is 0.865. The van der Waals surface area contributed by atoms with Crippen molar-refractivity contribution in [3.8, 4) is 0 Å². The van der Waals surface area contributed by atoms with Gasteiger partial charge in [-0.25, -0.2) is 0 Å². The van der Waals surface area contributed by atoms with Gasteiger partial charge in [-0.1, -0.05) is 37.3 Å². The van der Waals surface area contributed by atoms with E-state index in [1.807, 2.05) is 23.1 Å². The van der Waals surface area contributed by atoms with Gasteiger partial charge in [0.05, 0.1) is 12.1 Å². The van der Waals surface area contributed by atoms with Gasteiger partial charge in [-0.3, -0.25) is 4.79 Å². The van der Waals surface area contributed by atoms with E-state index in [0.29, 0.717) is 0 Å². The van der Waals surface area contributed by atoms with Crippen LogP contribution in [0, 0.1) is 0 Å². The topological polar surface area (TPSA) is 32.3 Å². The predicted octanol–water partition coefficient (Wildman–Crippen LogP) is 2.35. The molecule has 0 spiro atoms. The Kier molecular flexibility index (Phi) is 4.37. The number of amides is 1. The third-order valence-corrected chi connectivity index (χ3v) is 3.63. The lowest BCUT2D eigenvalue weighted by Gasteiger charge is -2.25. The minimum atomic E-state index is 0.0242. The lowest BCUT2D eigenvalue weighted by Crippen LogP contribution is -2.39. The summed E-state index contributed by atoms with van der Waals surface area (Å²) < 4.78 is 0. The van der Waals surface area contributed by atoms with E-state index in [4.69, 9.17) is 0 Å². The molecule has 3 heteroatoms. The number of hydrogen-bond acceptors (Lipinski definition) is 2. The summed E-state index contributed by atoms with van der Waals surface area (Å²) in [4.78, 5) is 14.3. The summed E-state index contributed by atoms with van der Waals surface area (Å²) in [6.45, 7) is 6.01. The minimum absolute atomic E-state index is 0.0242. The number of hydrogen-bond donors (Lipinski definition) is 1. The normalized spacial score (nSPS) is 21.3. The van der Waals surface area contributed by atoms with Crippen molar-refractivity contribution in [1.29, 1.82) is 0 Å². The van der Waals surface area contributed by atoms with E-state index in [0.717, 1.165) is 25.9 Å². The molecular formula is C15H22N2O. The highest BCUT2D eigenvalue weighted by molar-refractivity contribution is 5.84. The molecule has 1 aromatic carbocycles. The van der Waals surface area contributed by atoms with Crippen LogP contribution in [-0.2, 0) is 4.79 Å². The first-order chi connectivity index (χ1) is 8.74. The van der Waals surface area contributed by atoms with Crippen LogP contribution in [0.5, 0.6) is 0 Å². The Balaban J connectivity index is 2.00. The highest BCUT2D eigenvalue weighted by Gasteiger charge is 2.34. The molecule has 2 rings (SSSR count). The van der Waals surface area contributed by atoms with Crippen LogP contribution < -0.4 is 5.32 Å². The number of nitrogens with one attached hydrogen (secondary N) is 1. The Morgan fingerprint density at radius 1 is 1.39 bits per heavy atom. The fraction of sp³-hybridized carbons (Fsp3) is 0.533. The molecule has 0 saturated carbocycles. The molecule has 1 amide bonds. The van der Waals surface area contributed by atoms with E-state index in [1.54, 1.807) is 0 Å². The molecule has 3 nitrogen and oxygen atoms in total. The molecule has 0 aromatic heterocycles. The Morgan fingerprint density at radius 2 is 2.11 bits per heavy atom. The van der Waals surface area contributed by atoms with Crippen molar-refractivity contribution in [2.75, 3.05) is 13.1 Å². The fourth-order valence-electron chi connectivity index (χ4n) is 2.51. The van der Waals surface area contributed by atoms with E-state index in [9.17, 15) is 4.79 Å². The van der Waals surface area contributed by atoms with Crippen molar-refractivity contribution in [3.05, 3.63) is 35.9 Å². The third kappa shape index (κ3) is 2.72. The van der Waals surface area contributed by atoms with Crippen LogP contribution in [0.4, 0.5) is 0 Å². The average molecular weight is 246 g/mol. The van der Waals surface area contributed by atoms with Crippen LogP contribution in [0.3, 0.4) is 0 Å². The lowest BCUT2D eigenvalue weighted by atomic mass is 10.1. The molecular weight excluding hydrogens is 224 g/mol. The van der Waals surface area contributed by atoms with Gasteiger partial charge in [-0.2, -0.15) is 0 Å². The zero-order chi connectivity index (χ0) is 13.0. The summed E-state index contributed by atoms with van der Waals surface area (Å²) in [6, 6.07) is 10.4. The van der Waals surface area contributed by atoms with Crippen molar-refractivity contribution in [2.45, 2.75) is 38.8 Å². The smallest absolute Gasteiger partial charge is 0.240 e. The molecule has 1 fully saturated rings. The first kappa shape index (κ1) is 13.1. The van der Waals surface area contributed by atoms with E-state index >= 15 is 0 Å². The average Bonchev–Trinajstić information content (AvgIpc) is 2.78. The largest absolute Gasteiger partial charge is 0.335 e. The Bertz CT molecular complexity index is 391. The number of carbonyl (C=O) groups is 1. The molecule has 1 heterocycles. The highest BCUT2D eigenvalue weighted by Crippen LogP contribution is 2.25. The van der Waals surface area contributed by atoms with Gasteiger partial charge in [-0.05, 0) is 31.9 Å². The van der Waals surface area contributed by atoms with E-state index in [-0.39, 0.29) is 18.0 Å². The Morgan fingerprint density at radius 3 is 2.78 bits per heavy atom. The van der Waals surface area contributed by atoms with Crippen LogP contribution in [-0.4, -0.2) is 29.9 Å². The van der Waals surface area contributed by atoms with Crippen LogP contribution >= 0.6 is 0 Å². The zero-order valence-electron chi connectivity index (χ0n) is 11.2. The maximum absolute atomic E-state index is 12.3. The molecule has 0 radical (unpaired) electrons. The second-order valence-corrected chi connectivity index (χ2v) is 4.91. The molecule has 1 N–H and O–H groups in total. The summed E-state index contributed by atoms with van der Waals surface area (Å²) in [5.74, 6) is 0.250. The van der Waals surface area contributed by atoms with E-state index in [2.05, 4.69) is 31.3 Å².